The average Bonchev–Trinajstić information content (AvgIpc) is 3.23. The molecule has 3 aromatic rings. The molecule has 0 aliphatic carbocycles. The summed E-state index contributed by atoms with van der Waals surface area (Å²) in [6, 6.07) is 19.9. The third kappa shape index (κ3) is 4.88. The number of nitrogens with one attached hydrogen (secondary N) is 1. The maximum atomic E-state index is 13.0. The van der Waals surface area contributed by atoms with Gasteiger partial charge in [-0.15, -0.1) is 11.3 Å². The predicted molar refractivity (Wildman–Crippen MR) is 132 cm³/mol. The topological polar surface area (TPSA) is 44.8 Å². The number of nitrogens with zero attached hydrogens (tertiary/aromatic N) is 2. The molecule has 168 valence electrons. The molecule has 1 N–H and O–H groups in total. The first-order valence-corrected chi connectivity index (χ1v) is 12.0. The van der Waals surface area contributed by atoms with Gasteiger partial charge in [-0.25, -0.2) is 0 Å². The van der Waals surface area contributed by atoms with Crippen molar-refractivity contribution in [3.63, 3.8) is 0 Å². The van der Waals surface area contributed by atoms with Gasteiger partial charge in [0.1, 0.15) is 10.8 Å². The Labute approximate surface area is 194 Å². The van der Waals surface area contributed by atoms with Crippen LogP contribution in [0.25, 0.3) is 0 Å². The Kier molecular flexibility index (Phi) is 7.25. The van der Waals surface area contributed by atoms with E-state index in [9.17, 15) is 4.79 Å². The minimum Gasteiger partial charge on any atom is -0.496 e. The van der Waals surface area contributed by atoms with Crippen LogP contribution in [0.15, 0.2) is 60.7 Å². The number of carbonyl (C=O) groups excluding carboxylic acids is 1. The van der Waals surface area contributed by atoms with Crippen molar-refractivity contribution in [1.29, 1.82) is 0 Å². The summed E-state index contributed by atoms with van der Waals surface area (Å²) in [6.07, 6.45) is 0.931. The van der Waals surface area contributed by atoms with Crippen molar-refractivity contribution in [1.82, 2.24) is 9.80 Å². The Morgan fingerprint density at radius 1 is 1.03 bits per heavy atom. The third-order valence-electron chi connectivity index (χ3n) is 6.05. The highest BCUT2D eigenvalue weighted by atomic mass is 32.1. The molecule has 0 radical (unpaired) electrons. The van der Waals surface area contributed by atoms with Crippen LogP contribution < -0.4 is 10.1 Å². The lowest BCUT2D eigenvalue weighted by molar-refractivity contribution is 0.102. The molecule has 5 nitrogen and oxygen atoms in total. The molecule has 1 aliphatic heterocycles. The van der Waals surface area contributed by atoms with Gasteiger partial charge < -0.3 is 15.0 Å². The number of aryl methyl sites for hydroxylation is 1. The third-order valence-corrected chi connectivity index (χ3v) is 7.27. The zero-order chi connectivity index (χ0) is 22.5. The van der Waals surface area contributed by atoms with Crippen LogP contribution in [0.1, 0.15) is 39.3 Å². The lowest BCUT2D eigenvalue weighted by Gasteiger charge is -2.38. The highest BCUT2D eigenvalue weighted by Crippen LogP contribution is 2.42. The van der Waals surface area contributed by atoms with E-state index in [1.165, 1.54) is 4.88 Å². The smallest absolute Gasteiger partial charge is 0.256 e. The Hall–Kier alpha value is -2.67. The first-order valence-electron chi connectivity index (χ1n) is 11.1. The normalized spacial score (nSPS) is 16.0. The Balaban J connectivity index is 1.76. The summed E-state index contributed by atoms with van der Waals surface area (Å²) in [4.78, 5) is 19.1. The minimum atomic E-state index is -0.0755. The molecule has 0 spiro atoms. The van der Waals surface area contributed by atoms with E-state index < -0.39 is 0 Å². The SMILES string of the molecule is CCc1cc([C@@H](c2ccccc2OC)N2CCN(C)CC2)c(NC(=O)c2ccccc2)s1. The molecule has 2 aromatic carbocycles. The number of methoxy groups -OCH3 is 1. The van der Waals surface area contributed by atoms with Crippen LogP contribution in [0.5, 0.6) is 5.75 Å². The number of carbonyl (C=O) groups is 1. The second-order valence-corrected chi connectivity index (χ2v) is 9.29. The maximum Gasteiger partial charge on any atom is 0.256 e. The number of hydrogen-bond donors (Lipinski definition) is 1. The summed E-state index contributed by atoms with van der Waals surface area (Å²) in [7, 11) is 3.89. The molecule has 4 rings (SSSR count). The van der Waals surface area contributed by atoms with E-state index in [1.807, 2.05) is 42.5 Å². The summed E-state index contributed by atoms with van der Waals surface area (Å²) >= 11 is 1.67. The molecule has 0 bridgehead atoms. The molecule has 0 unspecified atom stereocenters. The van der Waals surface area contributed by atoms with Crippen molar-refractivity contribution in [2.24, 2.45) is 0 Å². The number of amides is 1. The molecular formula is C26H31N3O2S. The van der Waals surface area contributed by atoms with Crippen LogP contribution in [0.3, 0.4) is 0 Å². The van der Waals surface area contributed by atoms with Crippen LogP contribution in [-0.2, 0) is 6.42 Å². The zero-order valence-electron chi connectivity index (χ0n) is 19.0. The molecule has 0 saturated carbocycles. The Bertz CT molecular complexity index is 1040. The lowest BCUT2D eigenvalue weighted by atomic mass is 9.96. The summed E-state index contributed by atoms with van der Waals surface area (Å²) in [5.74, 6) is 0.800. The van der Waals surface area contributed by atoms with Crippen LogP contribution in [0, 0.1) is 0 Å². The van der Waals surface area contributed by atoms with Crippen LogP contribution in [0.2, 0.25) is 0 Å². The van der Waals surface area contributed by atoms with Gasteiger partial charge in [-0.3, -0.25) is 9.69 Å². The number of likely N-dealkylation sites (N-methyl/N-ethyl adjacent to an activating group) is 1. The predicted octanol–water partition coefficient (Wildman–Crippen LogP) is 4.91. The van der Waals surface area contributed by atoms with Gasteiger partial charge in [0, 0.05) is 47.7 Å². The molecule has 1 aromatic heterocycles. The number of anilines is 1. The van der Waals surface area contributed by atoms with Crippen molar-refractivity contribution in [3.05, 3.63) is 82.2 Å². The van der Waals surface area contributed by atoms with E-state index in [-0.39, 0.29) is 11.9 Å². The second-order valence-electron chi connectivity index (χ2n) is 8.15. The first kappa shape index (κ1) is 22.5. The fraction of sp³-hybridized carbons (Fsp3) is 0.346. The number of rotatable bonds is 7. The highest BCUT2D eigenvalue weighted by molar-refractivity contribution is 7.16. The molecular weight excluding hydrogens is 418 g/mol. The van der Waals surface area contributed by atoms with Crippen molar-refractivity contribution < 1.29 is 9.53 Å². The van der Waals surface area contributed by atoms with Gasteiger partial charge in [0.15, 0.2) is 0 Å². The first-order chi connectivity index (χ1) is 15.6. The Morgan fingerprint density at radius 3 is 2.41 bits per heavy atom. The van der Waals surface area contributed by atoms with E-state index in [4.69, 9.17) is 4.74 Å². The molecule has 1 aliphatic rings. The van der Waals surface area contributed by atoms with Gasteiger partial charge in [-0.1, -0.05) is 43.3 Å². The number of ether oxygens (including phenoxy) is 1. The van der Waals surface area contributed by atoms with Gasteiger partial charge in [0.2, 0.25) is 0 Å². The molecule has 6 heteroatoms. The minimum absolute atomic E-state index is 0.0162. The molecule has 32 heavy (non-hydrogen) atoms. The number of hydrogen-bond acceptors (Lipinski definition) is 5. The van der Waals surface area contributed by atoms with Gasteiger partial charge >= 0.3 is 0 Å². The fourth-order valence-electron chi connectivity index (χ4n) is 4.23. The Morgan fingerprint density at radius 2 is 1.72 bits per heavy atom. The van der Waals surface area contributed by atoms with Gasteiger partial charge in [-0.05, 0) is 37.7 Å². The average molecular weight is 450 g/mol. The molecule has 1 amide bonds. The van der Waals surface area contributed by atoms with E-state index >= 15 is 0 Å². The molecule has 1 atom stereocenters. The van der Waals surface area contributed by atoms with E-state index in [1.54, 1.807) is 18.4 Å². The van der Waals surface area contributed by atoms with E-state index in [0.717, 1.165) is 54.5 Å². The van der Waals surface area contributed by atoms with E-state index in [0.29, 0.717) is 5.56 Å². The van der Waals surface area contributed by atoms with Gasteiger partial charge in [0.05, 0.1) is 13.2 Å². The summed E-state index contributed by atoms with van der Waals surface area (Å²) in [5, 5.41) is 4.14. The lowest BCUT2D eigenvalue weighted by Crippen LogP contribution is -2.46. The van der Waals surface area contributed by atoms with Crippen molar-refractivity contribution >= 4 is 22.2 Å². The van der Waals surface area contributed by atoms with Crippen molar-refractivity contribution in [3.8, 4) is 5.75 Å². The molecule has 2 heterocycles. The number of benzene rings is 2. The quantitative estimate of drug-likeness (QED) is 0.557. The van der Waals surface area contributed by atoms with Crippen LogP contribution >= 0.6 is 11.3 Å². The maximum absolute atomic E-state index is 13.0. The van der Waals surface area contributed by atoms with Crippen LogP contribution in [-0.4, -0.2) is 56.0 Å². The number of piperazine rings is 1. The number of thiophene rings is 1. The second kappa shape index (κ2) is 10.3. The van der Waals surface area contributed by atoms with Crippen molar-refractivity contribution in [2.45, 2.75) is 19.4 Å². The van der Waals surface area contributed by atoms with Crippen molar-refractivity contribution in [2.75, 3.05) is 45.7 Å². The molecule has 1 fully saturated rings. The monoisotopic (exact) mass is 449 g/mol. The van der Waals surface area contributed by atoms with E-state index in [2.05, 4.69) is 47.3 Å². The fourth-order valence-corrected chi connectivity index (χ4v) is 5.26. The summed E-state index contributed by atoms with van der Waals surface area (Å²) < 4.78 is 5.76. The van der Waals surface area contributed by atoms with Crippen LogP contribution in [0.4, 0.5) is 5.00 Å². The highest BCUT2D eigenvalue weighted by Gasteiger charge is 2.31. The zero-order valence-corrected chi connectivity index (χ0v) is 19.8. The van der Waals surface area contributed by atoms with Gasteiger partial charge in [-0.2, -0.15) is 0 Å². The number of para-hydroxylation sites is 1. The molecule has 1 saturated heterocycles. The summed E-state index contributed by atoms with van der Waals surface area (Å²) in [6.45, 7) is 6.11. The summed E-state index contributed by atoms with van der Waals surface area (Å²) in [5.41, 5.74) is 2.94. The largest absolute Gasteiger partial charge is 0.496 e. The van der Waals surface area contributed by atoms with Gasteiger partial charge in [0.25, 0.3) is 5.91 Å². The standard InChI is InChI=1S/C26H31N3O2S/c1-4-20-18-22(26(32-20)27-25(30)19-10-6-5-7-11-19)24(29-16-14-28(2)15-17-29)21-12-8-9-13-23(21)31-3/h5-13,18,24H,4,14-17H2,1-3H3,(H,27,30)/t24-/m1/s1.